The Hall–Kier alpha value is -2.36. The van der Waals surface area contributed by atoms with E-state index < -0.39 is 5.97 Å². The van der Waals surface area contributed by atoms with E-state index in [-0.39, 0.29) is 18.3 Å². The zero-order valence-electron chi connectivity index (χ0n) is 12.6. The quantitative estimate of drug-likeness (QED) is 0.570. The Balaban J connectivity index is 0.00000191. The van der Waals surface area contributed by atoms with Gasteiger partial charge in [0.1, 0.15) is 12.4 Å². The molecule has 0 saturated heterocycles. The number of benzene rings is 1. The first kappa shape index (κ1) is 18.6. The van der Waals surface area contributed by atoms with Crippen LogP contribution in [0.2, 0.25) is 0 Å². The van der Waals surface area contributed by atoms with Gasteiger partial charge in [0.25, 0.3) is 0 Å². The summed E-state index contributed by atoms with van der Waals surface area (Å²) in [6.45, 7) is 11.5. The van der Waals surface area contributed by atoms with Crippen molar-refractivity contribution in [3.05, 3.63) is 55.6 Å². The van der Waals surface area contributed by atoms with E-state index in [1.54, 1.807) is 30.3 Å². The summed E-state index contributed by atoms with van der Waals surface area (Å²) in [6.07, 6.45) is 2.32. The smallest absolute Gasteiger partial charge is 0.337 e. The second-order valence-corrected chi connectivity index (χ2v) is 4.02. The summed E-state index contributed by atoms with van der Waals surface area (Å²) in [5.74, 6) is -0.186. The number of rotatable bonds is 7. The second-order valence-electron chi connectivity index (χ2n) is 4.02. The summed E-state index contributed by atoms with van der Waals surface area (Å²) in [5.41, 5.74) is 0.392. The molecule has 0 aliphatic carbocycles. The highest BCUT2D eigenvalue weighted by molar-refractivity contribution is 5.89. The van der Waals surface area contributed by atoms with Gasteiger partial charge in [-0.05, 0) is 24.6 Å². The maximum absolute atomic E-state index is 11.8. The molecule has 1 atom stereocenters. The lowest BCUT2D eigenvalue weighted by molar-refractivity contribution is -0.123. The van der Waals surface area contributed by atoms with Gasteiger partial charge in [-0.3, -0.25) is 4.79 Å². The zero-order valence-corrected chi connectivity index (χ0v) is 12.6. The highest BCUT2D eigenvalue weighted by Gasteiger charge is 2.13. The van der Waals surface area contributed by atoms with Crippen LogP contribution in [-0.4, -0.2) is 25.5 Å². The fourth-order valence-electron chi connectivity index (χ4n) is 1.62. The molecule has 0 saturated carbocycles. The Morgan fingerprint density at radius 1 is 1.33 bits per heavy atom. The number of hydrogen-bond donors (Lipinski definition) is 0. The number of allylic oxidation sites excluding steroid dienone is 1. The minimum absolute atomic E-state index is 0.0269. The van der Waals surface area contributed by atoms with Crippen molar-refractivity contribution in [3.63, 3.8) is 0 Å². The van der Waals surface area contributed by atoms with Crippen LogP contribution in [0.25, 0.3) is 0 Å². The molecule has 0 aliphatic rings. The molecule has 1 aromatic carbocycles. The highest BCUT2D eigenvalue weighted by Crippen LogP contribution is 2.15. The summed E-state index contributed by atoms with van der Waals surface area (Å²) in [7, 11) is 1.31. The lowest BCUT2D eigenvalue weighted by Crippen LogP contribution is -2.19. The first-order valence-corrected chi connectivity index (χ1v) is 6.58. The lowest BCUT2D eigenvalue weighted by atomic mass is 10.0. The average Bonchev–Trinajstić information content (AvgIpc) is 2.55. The van der Waals surface area contributed by atoms with Gasteiger partial charge < -0.3 is 9.47 Å². The molecule has 0 aromatic heterocycles. The van der Waals surface area contributed by atoms with Crippen molar-refractivity contribution in [2.45, 2.75) is 13.3 Å². The molecule has 21 heavy (non-hydrogen) atoms. The Morgan fingerprint density at radius 2 is 2.00 bits per heavy atom. The van der Waals surface area contributed by atoms with Gasteiger partial charge in [0.2, 0.25) is 0 Å². The van der Waals surface area contributed by atoms with Crippen molar-refractivity contribution in [1.29, 1.82) is 0 Å². The minimum Gasteiger partial charge on any atom is -0.486 e. The number of carbonyl (C=O) groups excluding carboxylic acids is 2. The molecular formula is C17H22O4. The van der Waals surface area contributed by atoms with Crippen molar-refractivity contribution in [1.82, 2.24) is 0 Å². The maximum Gasteiger partial charge on any atom is 0.337 e. The molecule has 4 nitrogen and oxygen atoms in total. The van der Waals surface area contributed by atoms with E-state index in [0.29, 0.717) is 17.7 Å². The number of Topliss-reactive ketones (excluding diaryl/α,β-unsaturated/α-hetero) is 1. The fraction of sp³-hybridized carbons (Fsp3) is 0.294. The normalized spacial score (nSPS) is 10.6. The van der Waals surface area contributed by atoms with Gasteiger partial charge in [-0.1, -0.05) is 19.1 Å². The van der Waals surface area contributed by atoms with Gasteiger partial charge in [0.15, 0.2) is 5.78 Å². The van der Waals surface area contributed by atoms with Crippen LogP contribution in [0.1, 0.15) is 23.7 Å². The molecule has 1 unspecified atom stereocenters. The first-order valence-electron chi connectivity index (χ1n) is 6.58. The molecule has 4 heteroatoms. The van der Waals surface area contributed by atoms with Crippen LogP contribution in [0.5, 0.6) is 5.75 Å². The van der Waals surface area contributed by atoms with Crippen LogP contribution in [-0.2, 0) is 9.53 Å². The number of ketones is 1. The lowest BCUT2D eigenvalue weighted by Gasteiger charge is -2.10. The Labute approximate surface area is 126 Å². The van der Waals surface area contributed by atoms with E-state index >= 15 is 0 Å². The molecule has 0 N–H and O–H groups in total. The number of esters is 1. The predicted octanol–water partition coefficient (Wildman–Crippen LogP) is 3.44. The molecular weight excluding hydrogens is 268 g/mol. The van der Waals surface area contributed by atoms with Crippen molar-refractivity contribution in [3.8, 4) is 5.75 Å². The number of hydrogen-bond acceptors (Lipinski definition) is 4. The summed E-state index contributed by atoms with van der Waals surface area (Å²) < 4.78 is 10.00. The largest absolute Gasteiger partial charge is 0.486 e. The number of methoxy groups -OCH3 is 1. The molecule has 1 rings (SSSR count). The molecule has 0 radical (unpaired) electrons. The van der Waals surface area contributed by atoms with Crippen LogP contribution >= 0.6 is 0 Å². The Morgan fingerprint density at radius 3 is 2.52 bits per heavy atom. The van der Waals surface area contributed by atoms with Gasteiger partial charge >= 0.3 is 5.97 Å². The fourth-order valence-corrected chi connectivity index (χ4v) is 1.62. The number of ether oxygens (including phenoxy) is 2. The van der Waals surface area contributed by atoms with Crippen LogP contribution < -0.4 is 4.74 Å². The Kier molecular flexibility index (Phi) is 9.26. The topological polar surface area (TPSA) is 52.6 Å². The first-order chi connectivity index (χ1) is 10.1. The molecule has 0 bridgehead atoms. The predicted molar refractivity (Wildman–Crippen MR) is 83.5 cm³/mol. The average molecular weight is 290 g/mol. The molecule has 0 heterocycles. The van der Waals surface area contributed by atoms with E-state index in [4.69, 9.17) is 4.74 Å². The third-order valence-electron chi connectivity index (χ3n) is 2.77. The standard InChI is InChI=1S/C15H18O4.C2H4/c1-4-11(5-2)14(16)10-19-13-8-6-7-12(9-13)15(17)18-3;1-2/h4,6-9,11H,1,5,10H2,2-3H3;1-2H2. The van der Waals surface area contributed by atoms with Crippen LogP contribution in [0.15, 0.2) is 50.1 Å². The van der Waals surface area contributed by atoms with Crippen molar-refractivity contribution in [2.75, 3.05) is 13.7 Å². The molecule has 0 fully saturated rings. The van der Waals surface area contributed by atoms with Crippen molar-refractivity contribution in [2.24, 2.45) is 5.92 Å². The van der Waals surface area contributed by atoms with Crippen molar-refractivity contribution >= 4 is 11.8 Å². The van der Waals surface area contributed by atoms with E-state index in [9.17, 15) is 9.59 Å². The highest BCUT2D eigenvalue weighted by atomic mass is 16.5. The maximum atomic E-state index is 11.8. The molecule has 0 spiro atoms. The summed E-state index contributed by atoms with van der Waals surface area (Å²) in [6, 6.07) is 6.54. The third-order valence-corrected chi connectivity index (χ3v) is 2.77. The second kappa shape index (κ2) is 10.4. The van der Waals surface area contributed by atoms with Gasteiger partial charge in [0.05, 0.1) is 12.7 Å². The number of carbonyl (C=O) groups is 2. The van der Waals surface area contributed by atoms with Crippen LogP contribution in [0, 0.1) is 5.92 Å². The molecule has 0 amide bonds. The van der Waals surface area contributed by atoms with Gasteiger partial charge in [-0.15, -0.1) is 19.7 Å². The minimum atomic E-state index is -0.436. The van der Waals surface area contributed by atoms with Gasteiger partial charge in [-0.2, -0.15) is 0 Å². The molecule has 0 aliphatic heterocycles. The van der Waals surface area contributed by atoms with Crippen LogP contribution in [0.3, 0.4) is 0 Å². The monoisotopic (exact) mass is 290 g/mol. The molecule has 1 aromatic rings. The van der Waals surface area contributed by atoms with E-state index in [2.05, 4.69) is 24.5 Å². The van der Waals surface area contributed by atoms with E-state index in [0.717, 1.165) is 0 Å². The van der Waals surface area contributed by atoms with E-state index in [1.807, 2.05) is 6.92 Å². The summed E-state index contributed by atoms with van der Waals surface area (Å²) >= 11 is 0. The van der Waals surface area contributed by atoms with Gasteiger partial charge in [-0.25, -0.2) is 4.79 Å². The van der Waals surface area contributed by atoms with Crippen molar-refractivity contribution < 1.29 is 19.1 Å². The van der Waals surface area contributed by atoms with Gasteiger partial charge in [0, 0.05) is 5.92 Å². The SMILES string of the molecule is C=C.C=CC(CC)C(=O)COc1cccc(C(=O)OC)c1. The van der Waals surface area contributed by atoms with Crippen LogP contribution in [0.4, 0.5) is 0 Å². The summed E-state index contributed by atoms with van der Waals surface area (Å²) in [5, 5.41) is 0. The van der Waals surface area contributed by atoms with E-state index in [1.165, 1.54) is 7.11 Å². The molecule has 114 valence electrons. The zero-order chi connectivity index (χ0) is 16.3. The summed E-state index contributed by atoms with van der Waals surface area (Å²) in [4.78, 5) is 23.1. The third kappa shape index (κ3) is 6.08. The Bertz CT molecular complexity index is 479.